The molecule has 0 spiro atoms. The number of halogens is 1. The summed E-state index contributed by atoms with van der Waals surface area (Å²) >= 11 is 0. The molecule has 0 aliphatic carbocycles. The summed E-state index contributed by atoms with van der Waals surface area (Å²) in [6.45, 7) is 5.71. The van der Waals surface area contributed by atoms with Gasteiger partial charge in [-0.1, -0.05) is 18.2 Å². The van der Waals surface area contributed by atoms with Gasteiger partial charge in [-0.3, -0.25) is 9.48 Å². The molecule has 7 heteroatoms. The number of rotatable bonds is 1. The Morgan fingerprint density at radius 2 is 2.00 bits per heavy atom. The van der Waals surface area contributed by atoms with Gasteiger partial charge in [-0.2, -0.15) is 5.11 Å². The zero-order chi connectivity index (χ0) is 19.0. The summed E-state index contributed by atoms with van der Waals surface area (Å²) in [7, 11) is 4.15. The molecule has 142 valence electrons. The summed E-state index contributed by atoms with van der Waals surface area (Å²) in [5.41, 5.74) is 3.60. The predicted octanol–water partition coefficient (Wildman–Crippen LogP) is 2.79. The van der Waals surface area contributed by atoms with Crippen molar-refractivity contribution in [1.29, 1.82) is 0 Å². The molecule has 3 heterocycles. The minimum atomic E-state index is -0.198. The molecule has 1 unspecified atom stereocenters. The van der Waals surface area contributed by atoms with E-state index in [2.05, 4.69) is 36.9 Å². The van der Waals surface area contributed by atoms with Gasteiger partial charge < -0.3 is 0 Å². The number of likely N-dealkylation sites (N-methyl/N-ethyl adjacent to an activating group) is 1. The Labute approximate surface area is 159 Å². The number of aryl methyl sites for hydroxylation is 1. The Balaban J connectivity index is 1.90. The number of anilines is 1. The third-order valence-electron chi connectivity index (χ3n) is 5.61. The minimum Gasteiger partial charge on any atom is -0.299 e. The Morgan fingerprint density at radius 3 is 2.74 bits per heavy atom. The van der Waals surface area contributed by atoms with E-state index in [9.17, 15) is 4.39 Å². The van der Waals surface area contributed by atoms with Crippen molar-refractivity contribution in [2.24, 2.45) is 15.4 Å². The van der Waals surface area contributed by atoms with Gasteiger partial charge in [-0.15, -0.1) is 5.10 Å². The number of amidine groups is 1. The van der Waals surface area contributed by atoms with Crippen LogP contribution in [0, 0.1) is 5.82 Å². The number of allylic oxidation sites excluding steroid dienone is 1. The lowest BCUT2D eigenvalue weighted by atomic mass is 9.93. The van der Waals surface area contributed by atoms with Gasteiger partial charge in [0.2, 0.25) is 0 Å². The largest absolute Gasteiger partial charge is 0.303 e. The molecule has 0 bridgehead atoms. The van der Waals surface area contributed by atoms with E-state index < -0.39 is 0 Å². The Morgan fingerprint density at radius 1 is 1.22 bits per heavy atom. The van der Waals surface area contributed by atoms with Crippen molar-refractivity contribution in [1.82, 2.24) is 4.90 Å². The van der Waals surface area contributed by atoms with Crippen LogP contribution in [-0.4, -0.2) is 67.3 Å². The Bertz CT molecular complexity index is 859. The topological polar surface area (TPSA) is 46.6 Å². The molecule has 3 aliphatic rings. The molecule has 6 nitrogen and oxygen atoms in total. The van der Waals surface area contributed by atoms with Crippen LogP contribution in [0.1, 0.15) is 24.5 Å². The van der Waals surface area contributed by atoms with Gasteiger partial charge in [0, 0.05) is 13.1 Å². The normalized spacial score (nSPS) is 23.3. The van der Waals surface area contributed by atoms with E-state index >= 15 is 0 Å². The molecule has 27 heavy (non-hydrogen) atoms. The lowest BCUT2D eigenvalue weighted by Crippen LogP contribution is -2.51. The first kappa shape index (κ1) is 18.0. The van der Waals surface area contributed by atoms with Gasteiger partial charge in [0.05, 0.1) is 25.7 Å². The quantitative estimate of drug-likeness (QED) is 0.715. The average molecular weight is 369 g/mol. The first-order chi connectivity index (χ1) is 13.1. The summed E-state index contributed by atoms with van der Waals surface area (Å²) < 4.78 is 17.0. The molecule has 1 aromatic carbocycles. The molecule has 4 rings (SSSR count). The third-order valence-corrected chi connectivity index (χ3v) is 5.61. The SMILES string of the molecule is CC=Cc1c(F)ccc2c1N(C)C(=[N+]1CCN(C)CC1)C1=NN=NC1CC2. The van der Waals surface area contributed by atoms with Crippen molar-refractivity contribution >= 4 is 23.3 Å². The van der Waals surface area contributed by atoms with E-state index in [0.29, 0.717) is 5.56 Å². The summed E-state index contributed by atoms with van der Waals surface area (Å²) in [4.78, 5) is 4.43. The van der Waals surface area contributed by atoms with E-state index in [1.807, 2.05) is 32.2 Å². The van der Waals surface area contributed by atoms with Crippen LogP contribution in [-0.2, 0) is 6.42 Å². The van der Waals surface area contributed by atoms with Crippen molar-refractivity contribution in [3.8, 4) is 0 Å². The second-order valence-electron chi connectivity index (χ2n) is 7.39. The van der Waals surface area contributed by atoms with Gasteiger partial charge in [-0.25, -0.2) is 9.29 Å². The van der Waals surface area contributed by atoms with Gasteiger partial charge in [-0.05, 0) is 43.7 Å². The van der Waals surface area contributed by atoms with Crippen LogP contribution in [0.25, 0.3) is 6.08 Å². The summed E-state index contributed by atoms with van der Waals surface area (Å²) in [5.74, 6) is 0.812. The van der Waals surface area contributed by atoms with Gasteiger partial charge in [0.25, 0.3) is 0 Å². The zero-order valence-corrected chi connectivity index (χ0v) is 16.2. The summed E-state index contributed by atoms with van der Waals surface area (Å²) in [6.07, 6.45) is 5.41. The van der Waals surface area contributed by atoms with Gasteiger partial charge in [0.1, 0.15) is 17.5 Å². The maximum absolute atomic E-state index is 14.7. The van der Waals surface area contributed by atoms with Crippen LogP contribution in [0.4, 0.5) is 10.1 Å². The molecule has 0 amide bonds. The fraction of sp³-hybridized carbons (Fsp3) is 0.500. The first-order valence-electron chi connectivity index (χ1n) is 9.56. The molecular weight excluding hydrogens is 343 g/mol. The Kier molecular flexibility index (Phi) is 4.86. The van der Waals surface area contributed by atoms with Crippen molar-refractivity contribution in [3.63, 3.8) is 0 Å². The number of piperazine rings is 1. The Hall–Kier alpha value is -2.41. The number of hydrogen-bond acceptors (Lipinski definition) is 4. The number of fused-ring (bicyclic) bond motifs is 2. The molecule has 1 atom stereocenters. The van der Waals surface area contributed by atoms with Gasteiger partial charge in [0.15, 0.2) is 5.71 Å². The molecule has 0 aromatic heterocycles. The first-order valence-corrected chi connectivity index (χ1v) is 9.56. The highest BCUT2D eigenvalue weighted by Crippen LogP contribution is 2.33. The highest BCUT2D eigenvalue weighted by molar-refractivity contribution is 6.46. The molecular formula is C20H26FN6+. The molecule has 1 fully saturated rings. The van der Waals surface area contributed by atoms with E-state index in [0.717, 1.165) is 61.8 Å². The lowest BCUT2D eigenvalue weighted by molar-refractivity contribution is -0.538. The van der Waals surface area contributed by atoms with Crippen LogP contribution in [0.5, 0.6) is 0 Å². The highest BCUT2D eigenvalue weighted by Gasteiger charge is 2.39. The van der Waals surface area contributed by atoms with Crippen LogP contribution >= 0.6 is 0 Å². The summed E-state index contributed by atoms with van der Waals surface area (Å²) in [6, 6.07) is 3.46. The van der Waals surface area contributed by atoms with Gasteiger partial charge >= 0.3 is 5.84 Å². The van der Waals surface area contributed by atoms with Crippen molar-refractivity contribution in [3.05, 3.63) is 35.2 Å². The second kappa shape index (κ2) is 7.31. The number of hydrogen-bond donors (Lipinski definition) is 0. The van der Waals surface area contributed by atoms with Crippen LogP contribution in [0.2, 0.25) is 0 Å². The maximum Gasteiger partial charge on any atom is 0.303 e. The van der Waals surface area contributed by atoms with Crippen molar-refractivity contribution in [2.75, 3.05) is 45.2 Å². The summed E-state index contributed by atoms with van der Waals surface area (Å²) in [5, 5.41) is 12.7. The zero-order valence-electron chi connectivity index (χ0n) is 16.2. The molecule has 1 saturated heterocycles. The highest BCUT2D eigenvalue weighted by atomic mass is 19.1. The van der Waals surface area contributed by atoms with Crippen LogP contribution < -0.4 is 4.90 Å². The standard InChI is InChI=1S/C20H26FN6/c1-4-5-15-16(21)8-6-14-7-9-17-18(23-24-22-17)20(26(3)19(14)15)27-12-10-25(2)11-13-27/h4-6,8,17H,7,9-13H2,1-3H3/q+1. The van der Waals surface area contributed by atoms with Crippen molar-refractivity contribution in [2.45, 2.75) is 25.8 Å². The predicted molar refractivity (Wildman–Crippen MR) is 106 cm³/mol. The lowest BCUT2D eigenvalue weighted by Gasteiger charge is -2.29. The monoisotopic (exact) mass is 369 g/mol. The fourth-order valence-corrected chi connectivity index (χ4v) is 4.16. The fourth-order valence-electron chi connectivity index (χ4n) is 4.16. The minimum absolute atomic E-state index is 0.0227. The molecule has 0 N–H and O–H groups in total. The van der Waals surface area contributed by atoms with E-state index in [-0.39, 0.29) is 11.9 Å². The smallest absolute Gasteiger partial charge is 0.299 e. The maximum atomic E-state index is 14.7. The molecule has 0 saturated carbocycles. The van der Waals surface area contributed by atoms with E-state index in [4.69, 9.17) is 0 Å². The molecule has 0 radical (unpaired) electrons. The van der Waals surface area contributed by atoms with Crippen LogP contribution in [0.15, 0.2) is 33.6 Å². The number of benzene rings is 1. The van der Waals surface area contributed by atoms with Crippen molar-refractivity contribution < 1.29 is 8.97 Å². The van der Waals surface area contributed by atoms with E-state index in [1.165, 1.54) is 0 Å². The van der Waals surface area contributed by atoms with Crippen LogP contribution in [0.3, 0.4) is 0 Å². The van der Waals surface area contributed by atoms with E-state index in [1.54, 1.807) is 6.07 Å². The average Bonchev–Trinajstić information content (AvgIpc) is 3.10. The molecule has 3 aliphatic heterocycles. The number of nitrogens with zero attached hydrogens (tertiary/aromatic N) is 6. The third kappa shape index (κ3) is 3.20. The second-order valence-corrected chi connectivity index (χ2v) is 7.39. The molecule has 1 aromatic rings.